The van der Waals surface area contributed by atoms with Crippen molar-refractivity contribution in [3.8, 4) is 0 Å². The largest absolute Gasteiger partial charge is 0.380 e. The molecular weight excluding hydrogens is 234 g/mol. The van der Waals surface area contributed by atoms with Gasteiger partial charge in [-0.15, -0.1) is 11.3 Å². The predicted octanol–water partition coefficient (Wildman–Crippen LogP) is 1.65. The summed E-state index contributed by atoms with van der Waals surface area (Å²) < 4.78 is 5.48. The summed E-state index contributed by atoms with van der Waals surface area (Å²) in [6.07, 6.45) is 2.11. The average molecular weight is 255 g/mol. The van der Waals surface area contributed by atoms with E-state index in [0.29, 0.717) is 0 Å². The minimum Gasteiger partial charge on any atom is -0.380 e. The maximum absolute atomic E-state index is 5.48. The quantitative estimate of drug-likeness (QED) is 0.888. The summed E-state index contributed by atoms with van der Waals surface area (Å²) in [6, 6.07) is 0. The Labute approximate surface area is 107 Å². The summed E-state index contributed by atoms with van der Waals surface area (Å²) in [6.45, 7) is 6.83. The van der Waals surface area contributed by atoms with Gasteiger partial charge < -0.3 is 15.0 Å². The molecule has 4 nitrogen and oxygen atoms in total. The Morgan fingerprint density at radius 2 is 2.29 bits per heavy atom. The van der Waals surface area contributed by atoms with Crippen molar-refractivity contribution in [2.24, 2.45) is 0 Å². The highest BCUT2D eigenvalue weighted by molar-refractivity contribution is 7.15. The van der Waals surface area contributed by atoms with Crippen molar-refractivity contribution >= 4 is 16.5 Å². The van der Waals surface area contributed by atoms with Gasteiger partial charge in [-0.1, -0.05) is 6.92 Å². The lowest BCUT2D eigenvalue weighted by Crippen LogP contribution is -2.25. The number of nitrogens with zero attached hydrogens (tertiary/aromatic N) is 2. The van der Waals surface area contributed by atoms with Crippen LogP contribution in [0.15, 0.2) is 0 Å². The molecule has 0 bridgehead atoms. The lowest BCUT2D eigenvalue weighted by Gasteiger charge is -2.17. The highest BCUT2D eigenvalue weighted by atomic mass is 32.1. The number of ether oxygens (including phenoxy) is 1. The van der Waals surface area contributed by atoms with E-state index in [-0.39, 0.29) is 0 Å². The van der Waals surface area contributed by atoms with Crippen LogP contribution in [0.2, 0.25) is 0 Å². The van der Waals surface area contributed by atoms with Crippen LogP contribution in [-0.4, -0.2) is 38.3 Å². The van der Waals surface area contributed by atoms with Crippen molar-refractivity contribution in [1.82, 2.24) is 10.3 Å². The summed E-state index contributed by atoms with van der Waals surface area (Å²) in [5.41, 5.74) is 1.24. The number of thiazole rings is 1. The number of rotatable bonds is 4. The Morgan fingerprint density at radius 1 is 1.41 bits per heavy atom. The summed E-state index contributed by atoms with van der Waals surface area (Å²) in [5.74, 6) is 0. The molecule has 1 N–H and O–H groups in total. The molecule has 0 aliphatic carbocycles. The van der Waals surface area contributed by atoms with Gasteiger partial charge in [0.15, 0.2) is 5.13 Å². The molecule has 2 rings (SSSR count). The first-order valence-corrected chi connectivity index (χ1v) is 7.12. The second-order valence-electron chi connectivity index (χ2n) is 4.20. The molecule has 1 aromatic heterocycles. The van der Waals surface area contributed by atoms with E-state index in [9.17, 15) is 0 Å². The molecule has 1 aromatic rings. The van der Waals surface area contributed by atoms with E-state index < -0.39 is 0 Å². The van der Waals surface area contributed by atoms with Crippen LogP contribution >= 0.6 is 11.3 Å². The fourth-order valence-corrected chi connectivity index (χ4v) is 3.23. The fraction of sp³-hybridized carbons (Fsp3) is 0.750. The fourth-order valence-electron chi connectivity index (χ4n) is 2.02. The molecule has 0 radical (unpaired) electrons. The van der Waals surface area contributed by atoms with Crippen molar-refractivity contribution in [2.45, 2.75) is 26.3 Å². The molecule has 0 saturated carbocycles. The van der Waals surface area contributed by atoms with E-state index in [1.165, 1.54) is 10.6 Å². The Bertz CT molecular complexity index is 346. The van der Waals surface area contributed by atoms with Gasteiger partial charge >= 0.3 is 0 Å². The van der Waals surface area contributed by atoms with E-state index in [4.69, 9.17) is 9.72 Å². The molecule has 0 unspecified atom stereocenters. The lowest BCUT2D eigenvalue weighted by atomic mass is 10.3. The van der Waals surface area contributed by atoms with Gasteiger partial charge in [0, 0.05) is 31.1 Å². The summed E-state index contributed by atoms with van der Waals surface area (Å²) in [5, 5.41) is 4.38. The van der Waals surface area contributed by atoms with Crippen LogP contribution < -0.4 is 10.2 Å². The van der Waals surface area contributed by atoms with Crippen molar-refractivity contribution < 1.29 is 4.74 Å². The summed E-state index contributed by atoms with van der Waals surface area (Å²) in [4.78, 5) is 8.49. The molecule has 0 aromatic carbocycles. The van der Waals surface area contributed by atoms with Gasteiger partial charge in [-0.25, -0.2) is 4.98 Å². The van der Waals surface area contributed by atoms with Crippen LogP contribution in [-0.2, 0) is 17.7 Å². The van der Waals surface area contributed by atoms with E-state index in [1.54, 1.807) is 0 Å². The highest BCUT2D eigenvalue weighted by Crippen LogP contribution is 2.27. The monoisotopic (exact) mass is 255 g/mol. The lowest BCUT2D eigenvalue weighted by molar-refractivity contribution is 0.152. The maximum atomic E-state index is 5.48. The SMILES string of the molecule is CCc1nc(N2CCCOCC2)sc1CNC. The third-order valence-corrected chi connectivity index (χ3v) is 4.09. The Balaban J connectivity index is 2.13. The smallest absolute Gasteiger partial charge is 0.185 e. The van der Waals surface area contributed by atoms with Crippen LogP contribution in [0.25, 0.3) is 0 Å². The average Bonchev–Trinajstić information content (AvgIpc) is 2.58. The summed E-state index contributed by atoms with van der Waals surface area (Å²) >= 11 is 1.82. The van der Waals surface area contributed by atoms with Crippen LogP contribution in [0, 0.1) is 0 Å². The molecule has 17 heavy (non-hydrogen) atoms. The van der Waals surface area contributed by atoms with Gasteiger partial charge in [0.2, 0.25) is 0 Å². The highest BCUT2D eigenvalue weighted by Gasteiger charge is 2.16. The Kier molecular flexibility index (Phi) is 4.76. The molecule has 0 spiro atoms. The van der Waals surface area contributed by atoms with Crippen molar-refractivity contribution in [1.29, 1.82) is 0 Å². The number of aryl methyl sites for hydroxylation is 1. The first-order valence-electron chi connectivity index (χ1n) is 6.31. The molecule has 0 atom stereocenters. The molecule has 5 heteroatoms. The van der Waals surface area contributed by atoms with E-state index >= 15 is 0 Å². The second-order valence-corrected chi connectivity index (χ2v) is 5.27. The number of anilines is 1. The first kappa shape index (κ1) is 12.8. The summed E-state index contributed by atoms with van der Waals surface area (Å²) in [7, 11) is 1.98. The number of aromatic nitrogens is 1. The van der Waals surface area contributed by atoms with Gasteiger partial charge in [0.1, 0.15) is 0 Å². The molecule has 0 amide bonds. The number of hydrogen-bond acceptors (Lipinski definition) is 5. The zero-order chi connectivity index (χ0) is 12.1. The molecule has 1 aliphatic heterocycles. The van der Waals surface area contributed by atoms with Crippen molar-refractivity contribution in [2.75, 3.05) is 38.3 Å². The first-order chi connectivity index (χ1) is 8.35. The van der Waals surface area contributed by atoms with Gasteiger partial charge in [0.05, 0.1) is 12.3 Å². The van der Waals surface area contributed by atoms with Crippen molar-refractivity contribution in [3.05, 3.63) is 10.6 Å². The van der Waals surface area contributed by atoms with Crippen LogP contribution in [0.5, 0.6) is 0 Å². The maximum Gasteiger partial charge on any atom is 0.185 e. The third-order valence-electron chi connectivity index (χ3n) is 2.93. The van der Waals surface area contributed by atoms with Gasteiger partial charge in [-0.2, -0.15) is 0 Å². The van der Waals surface area contributed by atoms with E-state index in [1.807, 2.05) is 18.4 Å². The standard InChI is InChI=1S/C12H21N3OS/c1-3-10-11(9-13-2)17-12(14-10)15-5-4-7-16-8-6-15/h13H,3-9H2,1-2H3. The normalized spacial score (nSPS) is 17.2. The molecule has 1 saturated heterocycles. The van der Waals surface area contributed by atoms with Crippen LogP contribution in [0.1, 0.15) is 23.9 Å². The van der Waals surface area contributed by atoms with Gasteiger partial charge in [-0.05, 0) is 19.9 Å². The Morgan fingerprint density at radius 3 is 3.06 bits per heavy atom. The zero-order valence-electron chi connectivity index (χ0n) is 10.7. The van der Waals surface area contributed by atoms with Gasteiger partial charge in [-0.3, -0.25) is 0 Å². The predicted molar refractivity (Wildman–Crippen MR) is 71.9 cm³/mol. The van der Waals surface area contributed by atoms with Crippen LogP contribution in [0.3, 0.4) is 0 Å². The second kappa shape index (κ2) is 6.33. The topological polar surface area (TPSA) is 37.4 Å². The minimum atomic E-state index is 0.822. The van der Waals surface area contributed by atoms with Crippen LogP contribution in [0.4, 0.5) is 5.13 Å². The number of hydrogen-bond donors (Lipinski definition) is 1. The van der Waals surface area contributed by atoms with Gasteiger partial charge in [0.25, 0.3) is 0 Å². The van der Waals surface area contributed by atoms with E-state index in [2.05, 4.69) is 17.1 Å². The third kappa shape index (κ3) is 3.18. The molecular formula is C12H21N3OS. The zero-order valence-corrected chi connectivity index (χ0v) is 11.5. The number of nitrogens with one attached hydrogen (secondary N) is 1. The Hall–Kier alpha value is -0.650. The molecule has 2 heterocycles. The van der Waals surface area contributed by atoms with E-state index in [0.717, 1.165) is 50.8 Å². The molecule has 96 valence electrons. The van der Waals surface area contributed by atoms with Crippen molar-refractivity contribution in [3.63, 3.8) is 0 Å². The molecule has 1 fully saturated rings. The molecule has 1 aliphatic rings. The minimum absolute atomic E-state index is 0.822.